The maximum atomic E-state index is 12.9. The number of rotatable bonds is 4. The van der Waals surface area contributed by atoms with Crippen LogP contribution in [0.5, 0.6) is 0 Å². The first-order chi connectivity index (χ1) is 8.08. The minimum atomic E-state index is -0.834. The zero-order chi connectivity index (χ0) is 12.8. The molecule has 0 radical (unpaired) electrons. The summed E-state index contributed by atoms with van der Waals surface area (Å²) in [6.07, 6.45) is 0.251. The lowest BCUT2D eigenvalue weighted by atomic mass is 9.97. The van der Waals surface area contributed by atoms with E-state index in [-0.39, 0.29) is 18.8 Å². The molecule has 0 amide bonds. The fourth-order valence-electron chi connectivity index (χ4n) is 1.53. The second kappa shape index (κ2) is 6.00. The van der Waals surface area contributed by atoms with Gasteiger partial charge in [-0.15, -0.1) is 0 Å². The number of hydrogen-bond acceptors (Lipinski definition) is 3. The summed E-state index contributed by atoms with van der Waals surface area (Å²) >= 11 is 0. The zero-order valence-corrected chi connectivity index (χ0v) is 9.87. The van der Waals surface area contributed by atoms with E-state index in [0.717, 1.165) is 11.1 Å². The SMILES string of the molecule is CCOC(=O)C(C#N)Cc1ccc(F)cc1C. The molecular weight excluding hydrogens is 221 g/mol. The number of halogens is 1. The maximum absolute atomic E-state index is 12.9. The van der Waals surface area contributed by atoms with Gasteiger partial charge in [-0.25, -0.2) is 4.39 Å². The number of hydrogen-bond donors (Lipinski definition) is 0. The molecule has 0 spiro atoms. The molecule has 90 valence electrons. The van der Waals surface area contributed by atoms with Crippen molar-refractivity contribution >= 4 is 5.97 Å². The molecule has 0 saturated heterocycles. The molecule has 1 unspecified atom stereocenters. The van der Waals surface area contributed by atoms with Crippen LogP contribution in [0.1, 0.15) is 18.1 Å². The molecule has 4 heteroatoms. The van der Waals surface area contributed by atoms with Crippen LogP contribution in [0.4, 0.5) is 4.39 Å². The van der Waals surface area contributed by atoms with Crippen LogP contribution in [0.2, 0.25) is 0 Å². The van der Waals surface area contributed by atoms with Crippen LogP contribution in [-0.4, -0.2) is 12.6 Å². The highest BCUT2D eigenvalue weighted by Gasteiger charge is 2.20. The van der Waals surface area contributed by atoms with Gasteiger partial charge in [-0.05, 0) is 43.5 Å². The van der Waals surface area contributed by atoms with Crippen LogP contribution >= 0.6 is 0 Å². The highest BCUT2D eigenvalue weighted by molar-refractivity contribution is 5.75. The Bertz CT molecular complexity index is 451. The summed E-state index contributed by atoms with van der Waals surface area (Å²) in [7, 11) is 0. The van der Waals surface area contributed by atoms with E-state index in [0.29, 0.717) is 0 Å². The zero-order valence-electron chi connectivity index (χ0n) is 9.87. The molecular formula is C13H14FNO2. The minimum absolute atomic E-state index is 0.249. The van der Waals surface area contributed by atoms with E-state index in [4.69, 9.17) is 10.00 Å². The van der Waals surface area contributed by atoms with Gasteiger partial charge in [-0.1, -0.05) is 6.07 Å². The van der Waals surface area contributed by atoms with Crippen molar-refractivity contribution < 1.29 is 13.9 Å². The molecule has 1 atom stereocenters. The van der Waals surface area contributed by atoms with Crippen LogP contribution in [0.25, 0.3) is 0 Å². The third kappa shape index (κ3) is 3.56. The molecule has 0 bridgehead atoms. The van der Waals surface area contributed by atoms with Gasteiger partial charge in [-0.3, -0.25) is 4.79 Å². The molecule has 0 N–H and O–H groups in total. The number of carbonyl (C=O) groups excluding carboxylic acids is 1. The number of ether oxygens (including phenoxy) is 1. The lowest BCUT2D eigenvalue weighted by Gasteiger charge is -2.10. The standard InChI is InChI=1S/C13H14FNO2/c1-3-17-13(16)11(8-15)7-10-4-5-12(14)6-9(10)2/h4-6,11H,3,7H2,1-2H3. The van der Waals surface area contributed by atoms with Gasteiger partial charge in [0.05, 0.1) is 12.7 Å². The van der Waals surface area contributed by atoms with Crippen molar-refractivity contribution in [1.82, 2.24) is 0 Å². The van der Waals surface area contributed by atoms with Gasteiger partial charge in [0.15, 0.2) is 0 Å². The van der Waals surface area contributed by atoms with E-state index in [1.54, 1.807) is 19.9 Å². The van der Waals surface area contributed by atoms with E-state index in [9.17, 15) is 9.18 Å². The summed E-state index contributed by atoms with van der Waals surface area (Å²) in [5.41, 5.74) is 1.51. The largest absolute Gasteiger partial charge is 0.465 e. The average molecular weight is 235 g/mol. The summed E-state index contributed by atoms with van der Waals surface area (Å²) in [5.74, 6) is -1.69. The topological polar surface area (TPSA) is 50.1 Å². The summed E-state index contributed by atoms with van der Waals surface area (Å²) in [6, 6.07) is 6.21. The Hall–Kier alpha value is -1.89. The quantitative estimate of drug-likeness (QED) is 0.753. The second-order valence-electron chi connectivity index (χ2n) is 3.71. The van der Waals surface area contributed by atoms with Crippen LogP contribution in [0.3, 0.4) is 0 Å². The molecule has 0 aliphatic rings. The lowest BCUT2D eigenvalue weighted by molar-refractivity contribution is -0.145. The Balaban J connectivity index is 2.81. The number of nitriles is 1. The molecule has 1 aromatic carbocycles. The highest BCUT2D eigenvalue weighted by atomic mass is 19.1. The molecule has 17 heavy (non-hydrogen) atoms. The fraction of sp³-hybridized carbons (Fsp3) is 0.385. The van der Waals surface area contributed by atoms with Crippen molar-refractivity contribution in [3.63, 3.8) is 0 Å². The van der Waals surface area contributed by atoms with Crippen LogP contribution in [0, 0.1) is 30.0 Å². The third-order valence-electron chi connectivity index (χ3n) is 2.46. The molecule has 0 aliphatic heterocycles. The van der Waals surface area contributed by atoms with E-state index in [2.05, 4.69) is 0 Å². The number of nitrogens with zero attached hydrogens (tertiary/aromatic N) is 1. The van der Waals surface area contributed by atoms with Gasteiger partial charge < -0.3 is 4.74 Å². The predicted octanol–water partition coefficient (Wildman–Crippen LogP) is 2.38. The fourth-order valence-corrected chi connectivity index (χ4v) is 1.53. The lowest BCUT2D eigenvalue weighted by Crippen LogP contribution is -2.18. The van der Waals surface area contributed by atoms with Crippen molar-refractivity contribution in [1.29, 1.82) is 5.26 Å². The molecule has 0 saturated carbocycles. The van der Waals surface area contributed by atoms with Gasteiger partial charge in [0.25, 0.3) is 0 Å². The van der Waals surface area contributed by atoms with Crippen molar-refractivity contribution in [2.45, 2.75) is 20.3 Å². The molecule has 0 heterocycles. The normalized spacial score (nSPS) is 11.6. The number of carbonyl (C=O) groups is 1. The Labute approximate surface area is 99.8 Å². The minimum Gasteiger partial charge on any atom is -0.465 e. The van der Waals surface area contributed by atoms with Crippen molar-refractivity contribution in [3.05, 3.63) is 35.1 Å². The monoisotopic (exact) mass is 235 g/mol. The Morgan fingerprint density at radius 3 is 2.82 bits per heavy atom. The molecule has 1 aromatic rings. The average Bonchev–Trinajstić information content (AvgIpc) is 2.28. The third-order valence-corrected chi connectivity index (χ3v) is 2.46. The number of aryl methyl sites for hydroxylation is 1. The summed E-state index contributed by atoms with van der Waals surface area (Å²) < 4.78 is 17.7. The van der Waals surface area contributed by atoms with Gasteiger partial charge in [0, 0.05) is 0 Å². The first-order valence-corrected chi connectivity index (χ1v) is 5.39. The van der Waals surface area contributed by atoms with Crippen LogP contribution in [-0.2, 0) is 16.0 Å². The van der Waals surface area contributed by atoms with Crippen molar-refractivity contribution in [2.24, 2.45) is 5.92 Å². The smallest absolute Gasteiger partial charge is 0.323 e. The highest BCUT2D eigenvalue weighted by Crippen LogP contribution is 2.15. The Morgan fingerprint density at radius 1 is 1.59 bits per heavy atom. The molecule has 0 fully saturated rings. The maximum Gasteiger partial charge on any atom is 0.323 e. The van der Waals surface area contributed by atoms with Gasteiger partial charge in [0.2, 0.25) is 0 Å². The van der Waals surface area contributed by atoms with E-state index in [1.165, 1.54) is 12.1 Å². The van der Waals surface area contributed by atoms with E-state index < -0.39 is 11.9 Å². The molecule has 0 aliphatic carbocycles. The summed E-state index contributed by atoms with van der Waals surface area (Å²) in [4.78, 5) is 11.4. The first kappa shape index (κ1) is 13.2. The van der Waals surface area contributed by atoms with Gasteiger partial charge in [-0.2, -0.15) is 5.26 Å². The van der Waals surface area contributed by atoms with Crippen molar-refractivity contribution in [3.8, 4) is 6.07 Å². The Morgan fingerprint density at radius 2 is 2.29 bits per heavy atom. The number of benzene rings is 1. The van der Waals surface area contributed by atoms with Gasteiger partial charge in [0.1, 0.15) is 11.7 Å². The van der Waals surface area contributed by atoms with Crippen LogP contribution in [0.15, 0.2) is 18.2 Å². The summed E-state index contributed by atoms with van der Waals surface area (Å²) in [6.45, 7) is 3.69. The Kier molecular flexibility index (Phi) is 4.65. The first-order valence-electron chi connectivity index (χ1n) is 5.39. The molecule has 0 aromatic heterocycles. The predicted molar refractivity (Wildman–Crippen MR) is 60.6 cm³/mol. The summed E-state index contributed by atoms with van der Waals surface area (Å²) in [5, 5.41) is 8.90. The molecule has 1 rings (SSSR count). The second-order valence-corrected chi connectivity index (χ2v) is 3.71. The van der Waals surface area contributed by atoms with Gasteiger partial charge >= 0.3 is 5.97 Å². The molecule has 3 nitrogen and oxygen atoms in total. The van der Waals surface area contributed by atoms with Crippen molar-refractivity contribution in [2.75, 3.05) is 6.61 Å². The van der Waals surface area contributed by atoms with E-state index in [1.807, 2.05) is 6.07 Å². The van der Waals surface area contributed by atoms with E-state index >= 15 is 0 Å². The number of esters is 1. The van der Waals surface area contributed by atoms with Crippen LogP contribution < -0.4 is 0 Å².